The smallest absolute Gasteiger partial charge is 0.263 e. The number of hydrogen-bond acceptors (Lipinski definition) is 4. The zero-order chi connectivity index (χ0) is 22.3. The maximum absolute atomic E-state index is 13.4. The van der Waals surface area contributed by atoms with E-state index in [9.17, 15) is 9.59 Å². The van der Waals surface area contributed by atoms with Crippen LogP contribution in [0.3, 0.4) is 0 Å². The summed E-state index contributed by atoms with van der Waals surface area (Å²) in [5.41, 5.74) is 4.18. The molecule has 5 nitrogen and oxygen atoms in total. The third kappa shape index (κ3) is 4.05. The van der Waals surface area contributed by atoms with Crippen molar-refractivity contribution in [3.8, 4) is 0 Å². The van der Waals surface area contributed by atoms with E-state index >= 15 is 0 Å². The van der Waals surface area contributed by atoms with Gasteiger partial charge in [0.15, 0.2) is 0 Å². The second-order valence-corrected chi connectivity index (χ2v) is 10.2. The van der Waals surface area contributed by atoms with Gasteiger partial charge < -0.3 is 5.32 Å². The van der Waals surface area contributed by atoms with Crippen molar-refractivity contribution in [2.75, 3.05) is 5.32 Å². The van der Waals surface area contributed by atoms with Crippen molar-refractivity contribution in [3.05, 3.63) is 55.9 Å². The molecule has 0 saturated heterocycles. The van der Waals surface area contributed by atoms with Crippen LogP contribution in [0.25, 0.3) is 10.2 Å². The number of para-hydroxylation sites is 1. The molecule has 2 aromatic heterocycles. The van der Waals surface area contributed by atoms with E-state index in [0.717, 1.165) is 51.9 Å². The number of fused-ring (bicyclic) bond motifs is 3. The molecule has 31 heavy (non-hydrogen) atoms. The first-order valence-corrected chi connectivity index (χ1v) is 12.0. The monoisotopic (exact) mass is 437 g/mol. The predicted octanol–water partition coefficient (Wildman–Crippen LogP) is 5.53. The van der Waals surface area contributed by atoms with Gasteiger partial charge in [-0.3, -0.25) is 14.2 Å². The highest BCUT2D eigenvalue weighted by atomic mass is 32.1. The van der Waals surface area contributed by atoms with Gasteiger partial charge in [0.1, 0.15) is 17.2 Å². The Morgan fingerprint density at radius 2 is 1.77 bits per heavy atom. The Hall–Kier alpha value is -2.47. The number of carbonyl (C=O) groups is 1. The van der Waals surface area contributed by atoms with Gasteiger partial charge >= 0.3 is 0 Å². The Morgan fingerprint density at radius 1 is 1.13 bits per heavy atom. The van der Waals surface area contributed by atoms with Crippen LogP contribution in [0.2, 0.25) is 0 Å². The van der Waals surface area contributed by atoms with Gasteiger partial charge in [0, 0.05) is 10.6 Å². The number of thiophene rings is 1. The number of amides is 1. The average Bonchev–Trinajstić information content (AvgIpc) is 3.09. The van der Waals surface area contributed by atoms with Crippen LogP contribution in [0.15, 0.2) is 23.0 Å². The van der Waals surface area contributed by atoms with Gasteiger partial charge in [-0.2, -0.15) is 0 Å². The summed E-state index contributed by atoms with van der Waals surface area (Å²) in [5.74, 6) is 0.973. The maximum Gasteiger partial charge on any atom is 0.263 e. The van der Waals surface area contributed by atoms with Gasteiger partial charge in [0.05, 0.1) is 5.39 Å². The number of nitrogens with zero attached hydrogens (tertiary/aromatic N) is 2. The average molecular weight is 438 g/mol. The van der Waals surface area contributed by atoms with Crippen molar-refractivity contribution in [3.63, 3.8) is 0 Å². The summed E-state index contributed by atoms with van der Waals surface area (Å²) in [6, 6.07) is 6.18. The van der Waals surface area contributed by atoms with Gasteiger partial charge in [-0.25, -0.2) is 4.98 Å². The van der Waals surface area contributed by atoms with Crippen LogP contribution in [0, 0.1) is 6.92 Å². The molecule has 1 aliphatic rings. The summed E-state index contributed by atoms with van der Waals surface area (Å²) in [7, 11) is 0. The van der Waals surface area contributed by atoms with Crippen LogP contribution >= 0.6 is 11.3 Å². The molecule has 0 unspecified atom stereocenters. The van der Waals surface area contributed by atoms with Crippen molar-refractivity contribution in [2.45, 2.75) is 78.7 Å². The Kier molecular flexibility index (Phi) is 6.02. The highest BCUT2D eigenvalue weighted by Crippen LogP contribution is 2.34. The van der Waals surface area contributed by atoms with Crippen molar-refractivity contribution in [1.29, 1.82) is 0 Å². The number of anilines is 1. The molecule has 0 radical (unpaired) electrons. The van der Waals surface area contributed by atoms with Crippen LogP contribution in [-0.4, -0.2) is 15.5 Å². The standard InChI is InChI=1S/C25H31N3O2S/c1-14(2)17-10-8-11-18(15(3)4)23(17)27-21(29)13-28-16(5)26-24-22(25(28)30)19-9-6-7-12-20(19)31-24/h8,10-11,14-15H,6-7,9,12-13H2,1-5H3,(H,27,29). The fourth-order valence-corrected chi connectivity index (χ4v) is 5.84. The molecule has 3 aromatic rings. The first-order valence-electron chi connectivity index (χ1n) is 11.2. The first-order chi connectivity index (χ1) is 14.8. The van der Waals surface area contributed by atoms with Crippen LogP contribution in [0.5, 0.6) is 0 Å². The van der Waals surface area contributed by atoms with E-state index in [2.05, 4.69) is 45.1 Å². The second kappa shape index (κ2) is 8.58. The van der Waals surface area contributed by atoms with Crippen LogP contribution < -0.4 is 10.9 Å². The fourth-order valence-electron chi connectivity index (χ4n) is 4.54. The number of aromatic nitrogens is 2. The van der Waals surface area contributed by atoms with Crippen LogP contribution in [0.4, 0.5) is 5.69 Å². The van der Waals surface area contributed by atoms with Crippen LogP contribution in [0.1, 0.15) is 79.8 Å². The van der Waals surface area contributed by atoms with Crippen LogP contribution in [-0.2, 0) is 24.2 Å². The molecule has 0 fully saturated rings. The van der Waals surface area contributed by atoms with E-state index < -0.39 is 0 Å². The first kappa shape index (κ1) is 21.8. The lowest BCUT2D eigenvalue weighted by Crippen LogP contribution is -2.30. The molecule has 1 aromatic carbocycles. The molecule has 1 aliphatic carbocycles. The van der Waals surface area contributed by atoms with E-state index in [1.165, 1.54) is 15.9 Å². The van der Waals surface area contributed by atoms with Gasteiger partial charge in [-0.05, 0) is 61.1 Å². The van der Waals surface area contributed by atoms with Gasteiger partial charge in [0.25, 0.3) is 5.56 Å². The minimum atomic E-state index is -0.189. The van der Waals surface area contributed by atoms with Gasteiger partial charge in [-0.1, -0.05) is 45.9 Å². The topological polar surface area (TPSA) is 64.0 Å². The molecule has 1 amide bonds. The van der Waals surface area contributed by atoms with Crippen molar-refractivity contribution in [2.24, 2.45) is 0 Å². The van der Waals surface area contributed by atoms with Crippen molar-refractivity contribution < 1.29 is 4.79 Å². The number of rotatable bonds is 5. The predicted molar refractivity (Wildman–Crippen MR) is 129 cm³/mol. The second-order valence-electron chi connectivity index (χ2n) is 9.11. The number of carbonyl (C=O) groups excluding carboxylic acids is 1. The van der Waals surface area contributed by atoms with E-state index in [1.807, 2.05) is 13.0 Å². The molecule has 1 N–H and O–H groups in total. The van der Waals surface area contributed by atoms with Gasteiger partial charge in [-0.15, -0.1) is 11.3 Å². The Morgan fingerprint density at radius 3 is 2.42 bits per heavy atom. The summed E-state index contributed by atoms with van der Waals surface area (Å²) >= 11 is 1.64. The summed E-state index contributed by atoms with van der Waals surface area (Å²) in [4.78, 5) is 33.3. The molecule has 0 atom stereocenters. The lowest BCUT2D eigenvalue weighted by atomic mass is 9.92. The Balaban J connectivity index is 1.70. The minimum Gasteiger partial charge on any atom is -0.324 e. The molecular weight excluding hydrogens is 406 g/mol. The number of aryl methyl sites for hydroxylation is 3. The SMILES string of the molecule is Cc1nc2sc3c(c2c(=O)n1CC(=O)Nc1c(C(C)C)cccc1C(C)C)CCCC3. The summed E-state index contributed by atoms with van der Waals surface area (Å²) in [5, 5.41) is 3.85. The third-order valence-corrected chi connectivity index (χ3v) is 7.39. The number of nitrogens with one attached hydrogen (secondary N) is 1. The van der Waals surface area contributed by atoms with E-state index in [4.69, 9.17) is 4.98 Å². The summed E-state index contributed by atoms with van der Waals surface area (Å²) < 4.78 is 1.53. The quantitative estimate of drug-likeness (QED) is 0.571. The zero-order valence-corrected chi connectivity index (χ0v) is 19.9. The molecule has 0 saturated carbocycles. The lowest BCUT2D eigenvalue weighted by molar-refractivity contribution is -0.116. The molecule has 2 heterocycles. The molecule has 164 valence electrons. The molecule has 0 bridgehead atoms. The van der Waals surface area contributed by atoms with Crippen molar-refractivity contribution >= 4 is 33.1 Å². The van der Waals surface area contributed by atoms with E-state index in [1.54, 1.807) is 11.3 Å². The molecule has 4 rings (SSSR count). The molecule has 0 aliphatic heterocycles. The largest absolute Gasteiger partial charge is 0.324 e. The number of hydrogen-bond donors (Lipinski definition) is 1. The minimum absolute atomic E-state index is 0.0256. The molecule has 6 heteroatoms. The Labute approximate surface area is 187 Å². The third-order valence-electron chi connectivity index (χ3n) is 6.20. The normalized spacial score (nSPS) is 13.8. The highest BCUT2D eigenvalue weighted by Gasteiger charge is 2.22. The summed E-state index contributed by atoms with van der Waals surface area (Å²) in [6.07, 6.45) is 4.24. The van der Waals surface area contributed by atoms with E-state index in [0.29, 0.717) is 5.82 Å². The molecule has 0 spiro atoms. The zero-order valence-electron chi connectivity index (χ0n) is 19.0. The maximum atomic E-state index is 13.4. The highest BCUT2D eigenvalue weighted by molar-refractivity contribution is 7.18. The van der Waals surface area contributed by atoms with Crippen molar-refractivity contribution in [1.82, 2.24) is 9.55 Å². The van der Waals surface area contributed by atoms with E-state index in [-0.39, 0.29) is 29.8 Å². The summed E-state index contributed by atoms with van der Waals surface area (Å²) in [6.45, 7) is 10.3. The Bertz CT molecular complexity index is 1180. The fraction of sp³-hybridized carbons (Fsp3) is 0.480. The molecular formula is C25H31N3O2S. The lowest BCUT2D eigenvalue weighted by Gasteiger charge is -2.20. The number of benzene rings is 1. The van der Waals surface area contributed by atoms with Gasteiger partial charge in [0.2, 0.25) is 5.91 Å².